The quantitative estimate of drug-likeness (QED) is 0.620. The predicted molar refractivity (Wildman–Crippen MR) is 124 cm³/mol. The summed E-state index contributed by atoms with van der Waals surface area (Å²) in [6.45, 7) is 1.22. The van der Waals surface area contributed by atoms with Crippen molar-refractivity contribution in [1.29, 1.82) is 0 Å². The van der Waals surface area contributed by atoms with Gasteiger partial charge in [0.1, 0.15) is 5.82 Å². The Balaban J connectivity index is 1.56. The highest BCUT2D eigenvalue weighted by Crippen LogP contribution is 2.32. The Morgan fingerprint density at radius 1 is 1.21 bits per heavy atom. The third-order valence-electron chi connectivity index (χ3n) is 5.60. The number of nitrogens with one attached hydrogen (secondary N) is 2. The highest BCUT2D eigenvalue weighted by Gasteiger charge is 2.31. The fourth-order valence-electron chi connectivity index (χ4n) is 3.91. The summed E-state index contributed by atoms with van der Waals surface area (Å²) in [6, 6.07) is 3.77. The summed E-state index contributed by atoms with van der Waals surface area (Å²) >= 11 is 6.10. The molecule has 0 unspecified atom stereocenters. The van der Waals surface area contributed by atoms with Crippen LogP contribution in [0, 0.1) is 0 Å². The van der Waals surface area contributed by atoms with Crippen LogP contribution in [0.5, 0.6) is 0 Å². The highest BCUT2D eigenvalue weighted by molar-refractivity contribution is 6.28. The van der Waals surface area contributed by atoms with Gasteiger partial charge in [-0.3, -0.25) is 9.80 Å². The van der Waals surface area contributed by atoms with Crippen LogP contribution in [0.3, 0.4) is 0 Å². The topological polar surface area (TPSA) is 85.8 Å². The van der Waals surface area contributed by atoms with Crippen molar-refractivity contribution < 1.29 is 18.0 Å². The zero-order chi connectivity index (χ0) is 24.5. The van der Waals surface area contributed by atoms with Gasteiger partial charge in [-0.1, -0.05) is 0 Å². The van der Waals surface area contributed by atoms with Crippen molar-refractivity contribution >= 4 is 35.2 Å². The number of hydrogen-bond acceptors (Lipinski definition) is 7. The highest BCUT2D eigenvalue weighted by atomic mass is 35.5. The van der Waals surface area contributed by atoms with E-state index >= 15 is 0 Å². The second-order valence-corrected chi connectivity index (χ2v) is 8.37. The van der Waals surface area contributed by atoms with Gasteiger partial charge in [0.15, 0.2) is 0 Å². The summed E-state index contributed by atoms with van der Waals surface area (Å²) in [5, 5.41) is 11.7. The number of anilines is 2. The van der Waals surface area contributed by atoms with Crippen molar-refractivity contribution in [3.63, 3.8) is 0 Å². The molecular weight excluding hydrogens is 471 g/mol. The molecular formula is C22H23ClF3N7O. The lowest BCUT2D eigenvalue weighted by molar-refractivity contribution is -0.137. The van der Waals surface area contributed by atoms with Crippen molar-refractivity contribution in [2.45, 2.75) is 25.7 Å². The maximum atomic E-state index is 13.3. The fraction of sp³-hybridized carbons (Fsp3) is 0.364. The van der Waals surface area contributed by atoms with E-state index in [2.05, 4.69) is 25.7 Å². The number of likely N-dealkylation sites (N-methyl/N-ethyl adjacent to an activating group) is 1. The van der Waals surface area contributed by atoms with E-state index in [9.17, 15) is 18.0 Å². The van der Waals surface area contributed by atoms with Gasteiger partial charge in [0, 0.05) is 56.6 Å². The number of hydrazone groups is 1. The lowest BCUT2D eigenvalue weighted by Gasteiger charge is -2.31. The summed E-state index contributed by atoms with van der Waals surface area (Å²) in [4.78, 5) is 23.3. The Morgan fingerprint density at radius 2 is 2.00 bits per heavy atom. The van der Waals surface area contributed by atoms with Crippen LogP contribution < -0.4 is 10.6 Å². The average molecular weight is 494 g/mol. The standard InChI is InChI=1S/C22H23ClF3N7O/c1-27-16-8-13(7-15(9-16)22(24,25)26)10-28-19-17-12-33(6-4-18(17)30-21(23)31-19)20(34)14-3-5-29-32(2)11-14/h3,5,7-9,27H,4,6,10-12H2,1-2H3,(H,28,30,31). The van der Waals surface area contributed by atoms with E-state index in [0.717, 1.165) is 12.1 Å². The molecule has 2 aromatic rings. The molecule has 0 atom stereocenters. The smallest absolute Gasteiger partial charge is 0.388 e. The lowest BCUT2D eigenvalue weighted by atomic mass is 10.0. The van der Waals surface area contributed by atoms with E-state index in [-0.39, 0.29) is 24.3 Å². The Hall–Kier alpha value is -3.34. The summed E-state index contributed by atoms with van der Waals surface area (Å²) < 4.78 is 39.8. The minimum absolute atomic E-state index is 0.0359. The van der Waals surface area contributed by atoms with Crippen LogP contribution in [-0.2, 0) is 30.5 Å². The largest absolute Gasteiger partial charge is 0.416 e. The summed E-state index contributed by atoms with van der Waals surface area (Å²) in [7, 11) is 3.34. The molecule has 0 bridgehead atoms. The number of nitrogens with zero attached hydrogens (tertiary/aromatic N) is 5. The summed E-state index contributed by atoms with van der Waals surface area (Å²) in [5.41, 5.74) is 2.05. The molecule has 0 radical (unpaired) electrons. The number of halogens is 4. The van der Waals surface area contributed by atoms with Gasteiger partial charge in [-0.2, -0.15) is 18.3 Å². The van der Waals surface area contributed by atoms with Crippen molar-refractivity contribution in [2.24, 2.45) is 5.10 Å². The van der Waals surface area contributed by atoms with Gasteiger partial charge in [-0.15, -0.1) is 0 Å². The average Bonchev–Trinajstić information content (AvgIpc) is 2.81. The number of alkyl halides is 3. The van der Waals surface area contributed by atoms with Crippen molar-refractivity contribution in [1.82, 2.24) is 19.9 Å². The third kappa shape index (κ3) is 5.24. The minimum Gasteiger partial charge on any atom is -0.388 e. The monoisotopic (exact) mass is 493 g/mol. The van der Waals surface area contributed by atoms with E-state index in [4.69, 9.17) is 11.6 Å². The third-order valence-corrected chi connectivity index (χ3v) is 5.77. The molecule has 1 aromatic heterocycles. The SMILES string of the molecule is CNc1cc(CNc2nc(Cl)nc3c2CN(C(=O)C2=CC=NN(C)C2)CC3)cc(C(F)(F)F)c1. The van der Waals surface area contributed by atoms with E-state index < -0.39 is 11.7 Å². The molecule has 180 valence electrons. The molecule has 3 heterocycles. The van der Waals surface area contributed by atoms with Crippen LogP contribution in [0.2, 0.25) is 5.28 Å². The zero-order valence-electron chi connectivity index (χ0n) is 18.6. The van der Waals surface area contributed by atoms with Crippen LogP contribution in [0.15, 0.2) is 34.9 Å². The van der Waals surface area contributed by atoms with Gasteiger partial charge >= 0.3 is 6.18 Å². The number of amides is 1. The van der Waals surface area contributed by atoms with Gasteiger partial charge in [-0.05, 0) is 41.4 Å². The second kappa shape index (κ2) is 9.49. The summed E-state index contributed by atoms with van der Waals surface area (Å²) in [5.74, 6) is 0.285. The van der Waals surface area contributed by atoms with Gasteiger partial charge in [0.2, 0.25) is 5.28 Å². The number of hydrogen-bond donors (Lipinski definition) is 2. The van der Waals surface area contributed by atoms with Gasteiger partial charge in [0.25, 0.3) is 5.91 Å². The minimum atomic E-state index is -4.47. The molecule has 0 saturated heterocycles. The predicted octanol–water partition coefficient (Wildman–Crippen LogP) is 3.54. The first kappa shape index (κ1) is 23.8. The molecule has 2 aliphatic heterocycles. The maximum Gasteiger partial charge on any atom is 0.416 e. The maximum absolute atomic E-state index is 13.3. The van der Waals surface area contributed by atoms with Crippen LogP contribution >= 0.6 is 11.6 Å². The van der Waals surface area contributed by atoms with Crippen LogP contribution in [0.25, 0.3) is 0 Å². The Labute approximate surface area is 199 Å². The molecule has 0 saturated carbocycles. The molecule has 2 N–H and O–H groups in total. The number of carbonyl (C=O) groups is 1. The number of aromatic nitrogens is 2. The van der Waals surface area contributed by atoms with Gasteiger partial charge in [0.05, 0.1) is 24.3 Å². The van der Waals surface area contributed by atoms with Gasteiger partial charge in [-0.25, -0.2) is 9.97 Å². The molecule has 1 aromatic carbocycles. The summed E-state index contributed by atoms with van der Waals surface area (Å²) in [6.07, 6.45) is -0.698. The molecule has 0 spiro atoms. The van der Waals surface area contributed by atoms with E-state index in [1.807, 2.05) is 0 Å². The molecule has 0 aliphatic carbocycles. The van der Waals surface area contributed by atoms with E-state index in [1.54, 1.807) is 42.4 Å². The molecule has 4 rings (SSSR count). The lowest BCUT2D eigenvalue weighted by Crippen LogP contribution is -2.40. The number of rotatable bonds is 5. The Kier molecular flexibility index (Phi) is 6.65. The molecule has 34 heavy (non-hydrogen) atoms. The molecule has 8 nitrogen and oxygen atoms in total. The van der Waals surface area contributed by atoms with Crippen LogP contribution in [0.1, 0.15) is 22.4 Å². The first-order valence-electron chi connectivity index (χ1n) is 10.6. The van der Waals surface area contributed by atoms with Crippen molar-refractivity contribution in [3.8, 4) is 0 Å². The van der Waals surface area contributed by atoms with Crippen molar-refractivity contribution in [3.05, 3.63) is 57.5 Å². The first-order valence-corrected chi connectivity index (χ1v) is 10.9. The molecule has 0 fully saturated rings. The normalized spacial score (nSPS) is 15.6. The van der Waals surface area contributed by atoms with Crippen LogP contribution in [-0.4, -0.2) is 59.2 Å². The van der Waals surface area contributed by atoms with Crippen molar-refractivity contribution in [2.75, 3.05) is 37.8 Å². The van der Waals surface area contributed by atoms with E-state index in [1.165, 1.54) is 0 Å². The number of carbonyl (C=O) groups excluding carboxylic acids is 1. The number of benzene rings is 1. The molecule has 1 amide bonds. The van der Waals surface area contributed by atoms with Crippen LogP contribution in [0.4, 0.5) is 24.7 Å². The Morgan fingerprint density at radius 3 is 2.71 bits per heavy atom. The Bertz CT molecular complexity index is 1170. The zero-order valence-corrected chi connectivity index (χ0v) is 19.3. The fourth-order valence-corrected chi connectivity index (χ4v) is 4.10. The van der Waals surface area contributed by atoms with E-state index in [0.29, 0.717) is 53.4 Å². The number of fused-ring (bicyclic) bond motifs is 1. The van der Waals surface area contributed by atoms with Gasteiger partial charge < -0.3 is 15.5 Å². The molecule has 2 aliphatic rings. The first-order chi connectivity index (χ1) is 16.1. The molecule has 12 heteroatoms. The number of allylic oxidation sites excluding steroid dienone is 1. The second-order valence-electron chi connectivity index (χ2n) is 8.04.